The van der Waals surface area contributed by atoms with Crippen molar-refractivity contribution in [2.75, 3.05) is 6.61 Å². The largest absolute Gasteiger partial charge is 0.477 e. The van der Waals surface area contributed by atoms with Crippen LogP contribution in [0.25, 0.3) is 0 Å². The Morgan fingerprint density at radius 3 is 2.68 bits per heavy atom. The van der Waals surface area contributed by atoms with E-state index in [1.54, 1.807) is 18.3 Å². The molecule has 0 spiro atoms. The van der Waals surface area contributed by atoms with E-state index in [-0.39, 0.29) is 23.8 Å². The molecule has 6 nitrogen and oxygen atoms in total. The quantitative estimate of drug-likeness (QED) is 0.816. The van der Waals surface area contributed by atoms with Crippen LogP contribution in [0.4, 0.5) is 0 Å². The number of carbonyl (C=O) groups excluding carboxylic acids is 1. The zero-order valence-electron chi connectivity index (χ0n) is 9.81. The minimum absolute atomic E-state index is 0.0766. The number of pyridine rings is 2. The fourth-order valence-corrected chi connectivity index (χ4v) is 1.41. The third-order valence-electron chi connectivity index (χ3n) is 2.33. The molecule has 0 radical (unpaired) electrons. The Morgan fingerprint density at radius 1 is 1.21 bits per heavy atom. The van der Waals surface area contributed by atoms with Crippen LogP contribution >= 0.6 is 0 Å². The van der Waals surface area contributed by atoms with Crippen molar-refractivity contribution in [1.82, 2.24) is 9.97 Å². The molecule has 19 heavy (non-hydrogen) atoms. The van der Waals surface area contributed by atoms with E-state index in [2.05, 4.69) is 9.97 Å². The van der Waals surface area contributed by atoms with Gasteiger partial charge in [-0.25, -0.2) is 9.78 Å². The van der Waals surface area contributed by atoms with E-state index in [0.29, 0.717) is 5.56 Å². The summed E-state index contributed by atoms with van der Waals surface area (Å²) in [4.78, 5) is 30.3. The zero-order chi connectivity index (χ0) is 13.7. The number of Topliss-reactive ketones (excluding diaryl/α,β-unsaturated/α-hetero) is 1. The molecule has 2 aromatic rings. The molecule has 0 aliphatic carbocycles. The molecular weight excluding hydrogens is 248 g/mol. The minimum Gasteiger partial charge on any atom is -0.477 e. The number of aromatic nitrogens is 2. The van der Waals surface area contributed by atoms with Crippen LogP contribution in [0.1, 0.15) is 20.7 Å². The summed E-state index contributed by atoms with van der Waals surface area (Å²) in [6.07, 6.45) is 4.37. The summed E-state index contributed by atoms with van der Waals surface area (Å²) < 4.78 is 5.15. The molecule has 0 unspecified atom stereocenters. The highest BCUT2D eigenvalue weighted by molar-refractivity contribution is 5.97. The van der Waals surface area contributed by atoms with E-state index < -0.39 is 5.97 Å². The fourth-order valence-electron chi connectivity index (χ4n) is 1.41. The molecule has 0 saturated heterocycles. The minimum atomic E-state index is -1.16. The summed E-state index contributed by atoms with van der Waals surface area (Å²) in [5.74, 6) is -1.53. The Labute approximate surface area is 108 Å². The average molecular weight is 258 g/mol. The van der Waals surface area contributed by atoms with Gasteiger partial charge in [-0.05, 0) is 24.3 Å². The first-order valence-electron chi connectivity index (χ1n) is 5.43. The van der Waals surface area contributed by atoms with E-state index in [1.807, 2.05) is 0 Å². The van der Waals surface area contributed by atoms with E-state index in [1.165, 1.54) is 24.5 Å². The van der Waals surface area contributed by atoms with Crippen LogP contribution in [0.5, 0.6) is 5.88 Å². The summed E-state index contributed by atoms with van der Waals surface area (Å²) in [5, 5.41) is 8.93. The number of carboxylic acids is 1. The summed E-state index contributed by atoms with van der Waals surface area (Å²) >= 11 is 0. The third kappa shape index (κ3) is 3.12. The van der Waals surface area contributed by atoms with Crippen molar-refractivity contribution in [2.24, 2.45) is 0 Å². The number of nitrogens with zero attached hydrogens (tertiary/aromatic N) is 2. The predicted molar refractivity (Wildman–Crippen MR) is 65.3 cm³/mol. The number of carbonyl (C=O) groups is 2. The van der Waals surface area contributed by atoms with Gasteiger partial charge in [0.1, 0.15) is 5.56 Å². The van der Waals surface area contributed by atoms with Crippen molar-refractivity contribution < 1.29 is 19.4 Å². The molecular formula is C13H10N2O4. The second kappa shape index (κ2) is 5.72. The SMILES string of the molecule is O=C(COc1ncccc1C(=O)O)c1cccnc1. The molecule has 2 aromatic heterocycles. The van der Waals surface area contributed by atoms with Gasteiger partial charge >= 0.3 is 5.97 Å². The molecule has 2 rings (SSSR count). The Morgan fingerprint density at radius 2 is 2.00 bits per heavy atom. The lowest BCUT2D eigenvalue weighted by Gasteiger charge is -2.06. The number of ether oxygens (including phenoxy) is 1. The van der Waals surface area contributed by atoms with Gasteiger partial charge < -0.3 is 9.84 Å². The first-order valence-corrected chi connectivity index (χ1v) is 5.43. The Balaban J connectivity index is 2.07. The molecule has 96 valence electrons. The molecule has 2 heterocycles. The van der Waals surface area contributed by atoms with Crippen molar-refractivity contribution in [3.63, 3.8) is 0 Å². The van der Waals surface area contributed by atoms with Crippen molar-refractivity contribution in [2.45, 2.75) is 0 Å². The maximum Gasteiger partial charge on any atom is 0.341 e. The third-order valence-corrected chi connectivity index (χ3v) is 2.33. The standard InChI is InChI=1S/C13H10N2O4/c16-11(9-3-1-5-14-7-9)8-19-12-10(13(17)18)4-2-6-15-12/h1-7H,8H2,(H,17,18). The lowest BCUT2D eigenvalue weighted by molar-refractivity contribution is 0.0687. The molecule has 0 atom stereocenters. The van der Waals surface area contributed by atoms with Gasteiger partial charge in [0.05, 0.1) is 0 Å². The van der Waals surface area contributed by atoms with Crippen LogP contribution in [0.2, 0.25) is 0 Å². The van der Waals surface area contributed by atoms with Crippen molar-refractivity contribution in [3.05, 3.63) is 54.0 Å². The first-order chi connectivity index (χ1) is 9.18. The Kier molecular flexibility index (Phi) is 3.82. The van der Waals surface area contributed by atoms with Gasteiger partial charge in [-0.3, -0.25) is 9.78 Å². The van der Waals surface area contributed by atoms with Gasteiger partial charge in [-0.15, -0.1) is 0 Å². The van der Waals surface area contributed by atoms with Gasteiger partial charge in [-0.1, -0.05) is 0 Å². The molecule has 0 bridgehead atoms. The van der Waals surface area contributed by atoms with Crippen LogP contribution in [-0.4, -0.2) is 33.4 Å². The predicted octanol–water partition coefficient (Wildman–Crippen LogP) is 1.44. The molecule has 6 heteroatoms. The molecule has 1 N–H and O–H groups in total. The van der Waals surface area contributed by atoms with Gasteiger partial charge in [-0.2, -0.15) is 0 Å². The second-order valence-corrected chi connectivity index (χ2v) is 3.61. The Bertz CT molecular complexity index is 599. The number of ketones is 1. The maximum absolute atomic E-state index is 11.8. The molecule has 0 amide bonds. The van der Waals surface area contributed by atoms with Gasteiger partial charge in [0.15, 0.2) is 6.61 Å². The van der Waals surface area contributed by atoms with Crippen LogP contribution < -0.4 is 4.74 Å². The molecule has 0 aliphatic rings. The van der Waals surface area contributed by atoms with Crippen LogP contribution in [0.15, 0.2) is 42.9 Å². The van der Waals surface area contributed by atoms with Gasteiger partial charge in [0, 0.05) is 24.2 Å². The summed E-state index contributed by atoms with van der Waals surface area (Å²) in [7, 11) is 0. The van der Waals surface area contributed by atoms with E-state index >= 15 is 0 Å². The first kappa shape index (κ1) is 12.7. The van der Waals surface area contributed by atoms with Crippen molar-refractivity contribution in [1.29, 1.82) is 0 Å². The number of hydrogen-bond donors (Lipinski definition) is 1. The fraction of sp³-hybridized carbons (Fsp3) is 0.0769. The van der Waals surface area contributed by atoms with Gasteiger partial charge in [0.2, 0.25) is 11.7 Å². The maximum atomic E-state index is 11.8. The molecule has 0 aliphatic heterocycles. The van der Waals surface area contributed by atoms with E-state index in [4.69, 9.17) is 9.84 Å². The number of rotatable bonds is 5. The molecule has 0 aromatic carbocycles. The zero-order valence-corrected chi connectivity index (χ0v) is 9.81. The summed E-state index contributed by atoms with van der Waals surface area (Å²) in [6, 6.07) is 6.09. The topological polar surface area (TPSA) is 89.4 Å². The lowest BCUT2D eigenvalue weighted by atomic mass is 10.2. The highest BCUT2D eigenvalue weighted by Crippen LogP contribution is 2.14. The summed E-state index contributed by atoms with van der Waals surface area (Å²) in [6.45, 7) is -0.289. The van der Waals surface area contributed by atoms with E-state index in [9.17, 15) is 9.59 Å². The smallest absolute Gasteiger partial charge is 0.341 e. The second-order valence-electron chi connectivity index (χ2n) is 3.61. The highest BCUT2D eigenvalue weighted by atomic mass is 16.5. The van der Waals surface area contributed by atoms with Crippen molar-refractivity contribution in [3.8, 4) is 5.88 Å². The number of hydrogen-bond acceptors (Lipinski definition) is 5. The average Bonchev–Trinajstić information content (AvgIpc) is 2.46. The number of carboxylic acid groups (broad SMARTS) is 1. The van der Waals surface area contributed by atoms with Crippen LogP contribution in [0.3, 0.4) is 0 Å². The van der Waals surface area contributed by atoms with Crippen LogP contribution in [0, 0.1) is 0 Å². The highest BCUT2D eigenvalue weighted by Gasteiger charge is 2.14. The van der Waals surface area contributed by atoms with Crippen molar-refractivity contribution >= 4 is 11.8 Å². The molecule has 0 fully saturated rings. The normalized spacial score (nSPS) is 9.89. The molecule has 0 saturated carbocycles. The van der Waals surface area contributed by atoms with Gasteiger partial charge in [0.25, 0.3) is 0 Å². The van der Waals surface area contributed by atoms with E-state index in [0.717, 1.165) is 0 Å². The lowest BCUT2D eigenvalue weighted by Crippen LogP contribution is -2.14. The summed E-state index contributed by atoms with van der Waals surface area (Å²) in [5.41, 5.74) is 0.316. The number of aromatic carboxylic acids is 1. The Hall–Kier alpha value is -2.76. The monoisotopic (exact) mass is 258 g/mol. The van der Waals surface area contributed by atoms with Crippen LogP contribution in [-0.2, 0) is 0 Å².